The second kappa shape index (κ2) is 7.82. The van der Waals surface area contributed by atoms with Crippen LogP contribution in [0.3, 0.4) is 0 Å². The molecular weight excluding hydrogens is 300 g/mol. The van der Waals surface area contributed by atoms with Crippen LogP contribution in [-0.2, 0) is 11.3 Å². The summed E-state index contributed by atoms with van der Waals surface area (Å²) in [6, 6.07) is 15.6. The number of rotatable bonds is 7. The molecule has 0 unspecified atom stereocenters. The van der Waals surface area contributed by atoms with Crippen LogP contribution in [0.25, 0.3) is 0 Å². The van der Waals surface area contributed by atoms with Crippen molar-refractivity contribution in [2.75, 3.05) is 6.61 Å². The Bertz CT molecular complexity index is 612. The molecule has 0 aliphatic heterocycles. The summed E-state index contributed by atoms with van der Waals surface area (Å²) in [5.41, 5.74) is 7.35. The van der Waals surface area contributed by atoms with Crippen LogP contribution >= 0.6 is 11.6 Å². The SMILES string of the molecule is C[C@@H](NCc1ccc(OCC(N)=O)cc1)c1ccc(Cl)cc1. The Morgan fingerprint density at radius 1 is 1.18 bits per heavy atom. The fraction of sp³-hybridized carbons (Fsp3) is 0.235. The Kier molecular flexibility index (Phi) is 5.81. The molecule has 2 aromatic rings. The van der Waals surface area contributed by atoms with Gasteiger partial charge in [0.2, 0.25) is 0 Å². The predicted molar refractivity (Wildman–Crippen MR) is 87.8 cm³/mol. The van der Waals surface area contributed by atoms with Crippen molar-refractivity contribution in [3.63, 3.8) is 0 Å². The van der Waals surface area contributed by atoms with Gasteiger partial charge in [0, 0.05) is 17.6 Å². The number of nitrogens with one attached hydrogen (secondary N) is 1. The van der Waals surface area contributed by atoms with E-state index in [1.165, 1.54) is 5.56 Å². The van der Waals surface area contributed by atoms with E-state index in [2.05, 4.69) is 12.2 Å². The lowest BCUT2D eigenvalue weighted by Crippen LogP contribution is -2.20. The molecule has 2 rings (SSSR count). The maximum atomic E-state index is 10.7. The average molecular weight is 319 g/mol. The van der Waals surface area contributed by atoms with E-state index in [0.717, 1.165) is 17.1 Å². The molecule has 0 heterocycles. The van der Waals surface area contributed by atoms with E-state index in [-0.39, 0.29) is 12.6 Å². The summed E-state index contributed by atoms with van der Waals surface area (Å²) in [6.45, 7) is 2.73. The van der Waals surface area contributed by atoms with Gasteiger partial charge in [-0.2, -0.15) is 0 Å². The van der Waals surface area contributed by atoms with Crippen LogP contribution in [0.2, 0.25) is 5.02 Å². The summed E-state index contributed by atoms with van der Waals surface area (Å²) in [5, 5.41) is 4.18. The number of amides is 1. The van der Waals surface area contributed by atoms with Crippen LogP contribution in [0.15, 0.2) is 48.5 Å². The first-order chi connectivity index (χ1) is 10.5. The Labute approximate surface area is 135 Å². The molecule has 0 aliphatic carbocycles. The van der Waals surface area contributed by atoms with Crippen molar-refractivity contribution in [3.05, 3.63) is 64.7 Å². The summed E-state index contributed by atoms with van der Waals surface area (Å²) >= 11 is 5.89. The third-order valence-corrected chi connectivity index (χ3v) is 3.54. The zero-order valence-corrected chi connectivity index (χ0v) is 13.1. The van der Waals surface area contributed by atoms with Crippen molar-refractivity contribution >= 4 is 17.5 Å². The van der Waals surface area contributed by atoms with Crippen molar-refractivity contribution in [1.29, 1.82) is 0 Å². The van der Waals surface area contributed by atoms with Gasteiger partial charge in [-0.25, -0.2) is 0 Å². The second-order valence-corrected chi connectivity index (χ2v) is 5.49. The third-order valence-electron chi connectivity index (χ3n) is 3.29. The molecule has 0 fully saturated rings. The molecule has 22 heavy (non-hydrogen) atoms. The van der Waals surface area contributed by atoms with Crippen LogP contribution < -0.4 is 15.8 Å². The van der Waals surface area contributed by atoms with Crippen LogP contribution in [0.5, 0.6) is 5.75 Å². The molecule has 0 spiro atoms. The van der Waals surface area contributed by atoms with Crippen molar-refractivity contribution in [2.45, 2.75) is 19.5 Å². The van der Waals surface area contributed by atoms with Crippen LogP contribution in [0.1, 0.15) is 24.1 Å². The first kappa shape index (κ1) is 16.3. The fourth-order valence-electron chi connectivity index (χ4n) is 2.00. The maximum absolute atomic E-state index is 10.7. The van der Waals surface area contributed by atoms with E-state index in [1.54, 1.807) is 0 Å². The van der Waals surface area contributed by atoms with E-state index >= 15 is 0 Å². The minimum atomic E-state index is -0.484. The smallest absolute Gasteiger partial charge is 0.255 e. The lowest BCUT2D eigenvalue weighted by Gasteiger charge is -2.14. The summed E-state index contributed by atoms with van der Waals surface area (Å²) in [7, 11) is 0. The number of ether oxygens (including phenoxy) is 1. The number of primary amides is 1. The van der Waals surface area contributed by atoms with Crippen LogP contribution in [0.4, 0.5) is 0 Å². The van der Waals surface area contributed by atoms with E-state index in [0.29, 0.717) is 5.75 Å². The Morgan fingerprint density at radius 2 is 1.82 bits per heavy atom. The van der Waals surface area contributed by atoms with Gasteiger partial charge < -0.3 is 15.8 Å². The molecule has 5 heteroatoms. The molecule has 1 amide bonds. The number of halogens is 1. The maximum Gasteiger partial charge on any atom is 0.255 e. The molecule has 0 saturated heterocycles. The summed E-state index contributed by atoms with van der Waals surface area (Å²) in [6.07, 6.45) is 0. The van der Waals surface area contributed by atoms with Crippen molar-refractivity contribution in [1.82, 2.24) is 5.32 Å². The lowest BCUT2D eigenvalue weighted by atomic mass is 10.1. The topological polar surface area (TPSA) is 64.3 Å². The van der Waals surface area contributed by atoms with Gasteiger partial charge in [-0.1, -0.05) is 35.9 Å². The van der Waals surface area contributed by atoms with Gasteiger partial charge >= 0.3 is 0 Å². The molecule has 0 radical (unpaired) electrons. The van der Waals surface area contributed by atoms with Gasteiger partial charge in [-0.3, -0.25) is 4.79 Å². The largest absolute Gasteiger partial charge is 0.484 e. The van der Waals surface area contributed by atoms with Gasteiger partial charge in [0.15, 0.2) is 6.61 Å². The Balaban J connectivity index is 1.85. The lowest BCUT2D eigenvalue weighted by molar-refractivity contribution is -0.119. The summed E-state index contributed by atoms with van der Waals surface area (Å²) in [5.74, 6) is 0.149. The summed E-state index contributed by atoms with van der Waals surface area (Å²) in [4.78, 5) is 10.7. The van der Waals surface area contributed by atoms with Crippen molar-refractivity contribution in [2.24, 2.45) is 5.73 Å². The van der Waals surface area contributed by atoms with Gasteiger partial charge in [-0.05, 0) is 42.3 Å². The zero-order chi connectivity index (χ0) is 15.9. The van der Waals surface area contributed by atoms with Gasteiger partial charge in [0.1, 0.15) is 5.75 Å². The molecule has 0 aromatic heterocycles. The molecule has 0 aliphatic rings. The molecule has 0 bridgehead atoms. The highest BCUT2D eigenvalue weighted by atomic mass is 35.5. The second-order valence-electron chi connectivity index (χ2n) is 5.05. The first-order valence-electron chi connectivity index (χ1n) is 7.03. The highest BCUT2D eigenvalue weighted by molar-refractivity contribution is 6.30. The average Bonchev–Trinajstić information content (AvgIpc) is 2.52. The van der Waals surface area contributed by atoms with Crippen LogP contribution in [-0.4, -0.2) is 12.5 Å². The number of carbonyl (C=O) groups excluding carboxylic acids is 1. The number of nitrogens with two attached hydrogens (primary N) is 1. The minimum Gasteiger partial charge on any atom is -0.484 e. The Hall–Kier alpha value is -2.04. The minimum absolute atomic E-state index is 0.106. The van der Waals surface area contributed by atoms with Gasteiger partial charge in [0.05, 0.1) is 0 Å². The Morgan fingerprint density at radius 3 is 2.41 bits per heavy atom. The highest BCUT2D eigenvalue weighted by Crippen LogP contribution is 2.17. The molecule has 3 N–H and O–H groups in total. The normalized spacial score (nSPS) is 11.9. The van der Waals surface area contributed by atoms with E-state index in [9.17, 15) is 4.79 Å². The van der Waals surface area contributed by atoms with Crippen molar-refractivity contribution < 1.29 is 9.53 Å². The quantitative estimate of drug-likeness (QED) is 0.824. The third kappa shape index (κ3) is 5.06. The van der Waals surface area contributed by atoms with Crippen LogP contribution in [0, 0.1) is 0 Å². The molecule has 4 nitrogen and oxygen atoms in total. The standard InChI is InChI=1S/C17H19ClN2O2/c1-12(14-4-6-15(18)7-5-14)20-10-13-2-8-16(9-3-13)22-11-17(19)21/h2-9,12,20H,10-11H2,1H3,(H2,19,21)/t12-/m1/s1. The summed E-state index contributed by atoms with van der Waals surface area (Å²) < 4.78 is 5.22. The monoisotopic (exact) mass is 318 g/mol. The first-order valence-corrected chi connectivity index (χ1v) is 7.41. The number of carbonyl (C=O) groups is 1. The molecular formula is C17H19ClN2O2. The highest BCUT2D eigenvalue weighted by Gasteiger charge is 2.05. The number of benzene rings is 2. The van der Waals surface area contributed by atoms with E-state index < -0.39 is 5.91 Å². The number of hydrogen-bond acceptors (Lipinski definition) is 3. The predicted octanol–water partition coefficient (Wildman–Crippen LogP) is 3.05. The van der Waals surface area contributed by atoms with E-state index in [4.69, 9.17) is 22.1 Å². The zero-order valence-electron chi connectivity index (χ0n) is 12.4. The number of hydrogen-bond donors (Lipinski definition) is 2. The van der Waals surface area contributed by atoms with Gasteiger partial charge in [0.25, 0.3) is 5.91 Å². The molecule has 1 atom stereocenters. The molecule has 2 aromatic carbocycles. The van der Waals surface area contributed by atoms with E-state index in [1.807, 2.05) is 48.5 Å². The fourth-order valence-corrected chi connectivity index (χ4v) is 2.12. The molecule has 0 saturated carbocycles. The van der Waals surface area contributed by atoms with Gasteiger partial charge in [-0.15, -0.1) is 0 Å². The van der Waals surface area contributed by atoms with Crippen molar-refractivity contribution in [3.8, 4) is 5.75 Å². The molecule has 116 valence electrons.